The number of guanidine groups is 1. The van der Waals surface area contributed by atoms with Crippen molar-refractivity contribution in [3.8, 4) is 0 Å². The number of hydrogen-bond acceptors (Lipinski definition) is 5. The summed E-state index contributed by atoms with van der Waals surface area (Å²) in [5.41, 5.74) is 2.64. The van der Waals surface area contributed by atoms with E-state index in [0.29, 0.717) is 35.1 Å². The van der Waals surface area contributed by atoms with Crippen molar-refractivity contribution in [2.24, 2.45) is 4.99 Å². The van der Waals surface area contributed by atoms with Crippen LogP contribution in [0.5, 0.6) is 0 Å². The molecule has 2 heterocycles. The summed E-state index contributed by atoms with van der Waals surface area (Å²) in [5.74, 6) is 0.898. The molecule has 0 radical (unpaired) electrons. The first kappa shape index (κ1) is 21.4. The van der Waals surface area contributed by atoms with Crippen molar-refractivity contribution in [2.75, 3.05) is 18.5 Å². The fraction of sp³-hybridized carbons (Fsp3) is 0.400. The number of anilines is 1. The predicted octanol–water partition coefficient (Wildman–Crippen LogP) is 3.36. The van der Waals surface area contributed by atoms with E-state index in [1.165, 1.54) is 0 Å². The molecule has 1 aromatic carbocycles. The average Bonchev–Trinajstić information content (AvgIpc) is 3.18. The molecule has 1 aliphatic rings. The molecule has 154 valence electrons. The molecule has 2 aromatic rings. The number of aliphatic imine (C=N–C) groups is 1. The summed E-state index contributed by atoms with van der Waals surface area (Å²) in [5, 5.41) is 10.5. The number of rotatable bonds is 5. The van der Waals surface area contributed by atoms with Crippen LogP contribution < -0.4 is 16.0 Å². The van der Waals surface area contributed by atoms with Gasteiger partial charge in [0.2, 0.25) is 11.9 Å². The fourth-order valence-electron chi connectivity index (χ4n) is 2.95. The summed E-state index contributed by atoms with van der Waals surface area (Å²) in [6.07, 6.45) is 2.31. The number of hydrogen-bond donors (Lipinski definition) is 3. The number of ether oxygens (including phenoxy) is 1. The van der Waals surface area contributed by atoms with E-state index in [1.807, 2.05) is 44.2 Å². The molecule has 9 heteroatoms. The smallest absolute Gasteiger partial charge is 0.229 e. The topological polar surface area (TPSA) is 83.5 Å². The van der Waals surface area contributed by atoms with Crippen molar-refractivity contribution in [1.29, 1.82) is 0 Å². The van der Waals surface area contributed by atoms with Crippen LogP contribution in [0.3, 0.4) is 0 Å². The van der Waals surface area contributed by atoms with E-state index in [0.717, 1.165) is 36.4 Å². The fourth-order valence-corrected chi connectivity index (χ4v) is 3.33. The molecular formula is C20H25ClN6OS. The summed E-state index contributed by atoms with van der Waals surface area (Å²) >= 11 is 11.7. The summed E-state index contributed by atoms with van der Waals surface area (Å²) in [6.45, 7) is 5.68. The van der Waals surface area contributed by atoms with E-state index in [4.69, 9.17) is 28.6 Å². The third-order valence-electron chi connectivity index (χ3n) is 4.32. The Hall–Kier alpha value is -2.29. The highest BCUT2D eigenvalue weighted by Crippen LogP contribution is 2.16. The molecule has 0 aliphatic carbocycles. The molecule has 0 amide bonds. The molecule has 1 atom stereocenters. The zero-order chi connectivity index (χ0) is 20.6. The second-order valence-electron chi connectivity index (χ2n) is 6.83. The van der Waals surface area contributed by atoms with Crippen LogP contribution in [-0.2, 0) is 11.3 Å². The number of nitrogens with one attached hydrogen (secondary N) is 3. The summed E-state index contributed by atoms with van der Waals surface area (Å²) < 4.78 is 5.62. The molecule has 1 saturated heterocycles. The molecule has 1 aliphatic heterocycles. The van der Waals surface area contributed by atoms with Crippen molar-refractivity contribution in [3.05, 3.63) is 52.3 Å². The molecule has 0 spiro atoms. The lowest BCUT2D eigenvalue weighted by molar-refractivity contribution is 0.114. The highest BCUT2D eigenvalue weighted by molar-refractivity contribution is 7.80. The van der Waals surface area contributed by atoms with Gasteiger partial charge in [-0.3, -0.25) is 5.32 Å². The molecule has 0 saturated carbocycles. The number of thiocarbonyl (C=S) groups is 1. The standard InChI is InChI=1S/C20H25ClN6OS/c1-13-10-14(2)25-19(24-13)26-18(22-11-15-6-3-4-8-17(15)21)27-20(29)23-12-16-7-5-9-28-16/h3-4,6,8,10,16H,5,7,9,11-12H2,1-2H3,(H3,22,23,24,25,26,27,29). The van der Waals surface area contributed by atoms with Gasteiger partial charge in [0, 0.05) is 29.6 Å². The van der Waals surface area contributed by atoms with Crippen LogP contribution in [0.15, 0.2) is 35.3 Å². The van der Waals surface area contributed by atoms with E-state index < -0.39 is 0 Å². The van der Waals surface area contributed by atoms with Crippen LogP contribution in [0, 0.1) is 13.8 Å². The number of aromatic nitrogens is 2. The zero-order valence-electron chi connectivity index (χ0n) is 16.5. The Balaban J connectivity index is 1.70. The Kier molecular flexibility index (Phi) is 7.74. The maximum absolute atomic E-state index is 6.25. The Morgan fingerprint density at radius 1 is 1.28 bits per heavy atom. The minimum absolute atomic E-state index is 0.189. The number of aryl methyl sites for hydroxylation is 2. The van der Waals surface area contributed by atoms with Crippen LogP contribution in [-0.4, -0.2) is 40.3 Å². The molecule has 3 N–H and O–H groups in total. The number of nitrogens with zero attached hydrogens (tertiary/aromatic N) is 3. The summed E-state index contributed by atoms with van der Waals surface area (Å²) in [4.78, 5) is 13.4. The van der Waals surface area contributed by atoms with Gasteiger partial charge in [-0.2, -0.15) is 0 Å². The molecule has 29 heavy (non-hydrogen) atoms. The molecule has 3 rings (SSSR count). The van der Waals surface area contributed by atoms with Gasteiger partial charge in [0.1, 0.15) is 0 Å². The van der Waals surface area contributed by atoms with Gasteiger partial charge in [-0.15, -0.1) is 0 Å². The maximum atomic E-state index is 6.25. The van der Waals surface area contributed by atoms with Crippen molar-refractivity contribution in [1.82, 2.24) is 20.6 Å². The predicted molar refractivity (Wildman–Crippen MR) is 120 cm³/mol. The van der Waals surface area contributed by atoms with E-state index in [-0.39, 0.29) is 6.10 Å². The van der Waals surface area contributed by atoms with E-state index in [9.17, 15) is 0 Å². The SMILES string of the molecule is Cc1cc(C)nc(NC(=NCc2ccccc2Cl)NC(=S)NCC2CCCO2)n1. The van der Waals surface area contributed by atoms with Gasteiger partial charge in [0.05, 0.1) is 12.6 Å². The van der Waals surface area contributed by atoms with Gasteiger partial charge < -0.3 is 15.4 Å². The van der Waals surface area contributed by atoms with Crippen molar-refractivity contribution >= 4 is 40.8 Å². The molecule has 1 unspecified atom stereocenters. The van der Waals surface area contributed by atoms with Crippen LogP contribution in [0.25, 0.3) is 0 Å². The molecule has 7 nitrogen and oxygen atoms in total. The highest BCUT2D eigenvalue weighted by atomic mass is 35.5. The number of halogens is 1. The normalized spacial score (nSPS) is 16.5. The van der Waals surface area contributed by atoms with Gasteiger partial charge in [0.15, 0.2) is 5.11 Å². The lowest BCUT2D eigenvalue weighted by atomic mass is 10.2. The lowest BCUT2D eigenvalue weighted by Crippen LogP contribution is -2.45. The van der Waals surface area contributed by atoms with Crippen LogP contribution in [0.2, 0.25) is 5.02 Å². The zero-order valence-corrected chi connectivity index (χ0v) is 18.1. The quantitative estimate of drug-likeness (QED) is 0.379. The molecule has 0 bridgehead atoms. The van der Waals surface area contributed by atoms with E-state index in [1.54, 1.807) is 0 Å². The molecular weight excluding hydrogens is 408 g/mol. The highest BCUT2D eigenvalue weighted by Gasteiger charge is 2.16. The third-order valence-corrected chi connectivity index (χ3v) is 4.94. The monoisotopic (exact) mass is 432 g/mol. The Labute approximate surface area is 181 Å². The van der Waals surface area contributed by atoms with Crippen LogP contribution in [0.4, 0.5) is 5.95 Å². The van der Waals surface area contributed by atoms with Gasteiger partial charge in [-0.1, -0.05) is 29.8 Å². The first-order valence-electron chi connectivity index (χ1n) is 9.53. The van der Waals surface area contributed by atoms with Crippen LogP contribution in [0.1, 0.15) is 29.8 Å². The third kappa shape index (κ3) is 6.92. The van der Waals surface area contributed by atoms with Gasteiger partial charge in [0.25, 0.3) is 0 Å². The second kappa shape index (κ2) is 10.5. The van der Waals surface area contributed by atoms with Gasteiger partial charge in [-0.25, -0.2) is 15.0 Å². The van der Waals surface area contributed by atoms with E-state index in [2.05, 4.69) is 30.9 Å². The first-order chi connectivity index (χ1) is 14.0. The Morgan fingerprint density at radius 3 is 2.72 bits per heavy atom. The van der Waals surface area contributed by atoms with E-state index >= 15 is 0 Å². The lowest BCUT2D eigenvalue weighted by Gasteiger charge is -2.16. The van der Waals surface area contributed by atoms with Gasteiger partial charge >= 0.3 is 0 Å². The summed E-state index contributed by atoms with van der Waals surface area (Å²) in [6, 6.07) is 9.50. The van der Waals surface area contributed by atoms with Crippen molar-refractivity contribution < 1.29 is 4.74 Å². The minimum atomic E-state index is 0.189. The second-order valence-corrected chi connectivity index (χ2v) is 7.64. The molecule has 1 fully saturated rings. The van der Waals surface area contributed by atoms with Crippen LogP contribution >= 0.6 is 23.8 Å². The average molecular weight is 433 g/mol. The minimum Gasteiger partial charge on any atom is -0.376 e. The Bertz CT molecular complexity index is 865. The maximum Gasteiger partial charge on any atom is 0.229 e. The molecule has 1 aromatic heterocycles. The Morgan fingerprint density at radius 2 is 2.03 bits per heavy atom. The summed E-state index contributed by atoms with van der Waals surface area (Å²) in [7, 11) is 0. The largest absolute Gasteiger partial charge is 0.376 e. The van der Waals surface area contributed by atoms with Gasteiger partial charge in [-0.05, 0) is 56.6 Å². The van der Waals surface area contributed by atoms with Crippen molar-refractivity contribution in [2.45, 2.75) is 39.3 Å². The first-order valence-corrected chi connectivity index (χ1v) is 10.3. The number of benzene rings is 1. The van der Waals surface area contributed by atoms with Crippen molar-refractivity contribution in [3.63, 3.8) is 0 Å².